The average molecular weight is 231 g/mol. The summed E-state index contributed by atoms with van der Waals surface area (Å²) in [6.07, 6.45) is 0.636. The predicted octanol–water partition coefficient (Wildman–Crippen LogP) is 1.71. The molecule has 88 valence electrons. The highest BCUT2D eigenvalue weighted by Crippen LogP contribution is 2.24. The van der Waals surface area contributed by atoms with E-state index in [0.717, 1.165) is 0 Å². The summed E-state index contributed by atoms with van der Waals surface area (Å²) in [4.78, 5) is 18.1. The van der Waals surface area contributed by atoms with E-state index in [1.807, 2.05) is 13.0 Å². The number of nitrogens with zero attached hydrogens (tertiary/aromatic N) is 1. The molecule has 0 atom stereocenters. The molecule has 0 amide bonds. The lowest BCUT2D eigenvalue weighted by Crippen LogP contribution is -2.10. The van der Waals surface area contributed by atoms with Gasteiger partial charge in [-0.15, -0.1) is 0 Å². The Morgan fingerprint density at radius 2 is 2.18 bits per heavy atom. The van der Waals surface area contributed by atoms with Crippen LogP contribution in [0.25, 0.3) is 0 Å². The second-order valence-corrected chi connectivity index (χ2v) is 3.52. The number of aromatic amines is 1. The summed E-state index contributed by atoms with van der Waals surface area (Å²) < 4.78 is 5.48. The van der Waals surface area contributed by atoms with Gasteiger partial charge in [-0.3, -0.25) is 4.79 Å². The molecule has 0 aliphatic heterocycles. The van der Waals surface area contributed by atoms with Crippen LogP contribution >= 0.6 is 0 Å². The topological polar surface area (TPSA) is 81.0 Å². The van der Waals surface area contributed by atoms with Crippen molar-refractivity contribution in [1.29, 1.82) is 0 Å². The third kappa shape index (κ3) is 2.63. The van der Waals surface area contributed by atoms with Crippen molar-refractivity contribution in [3.05, 3.63) is 46.5 Å². The summed E-state index contributed by atoms with van der Waals surface area (Å²) in [5.74, 6) is 1.33. The van der Waals surface area contributed by atoms with Gasteiger partial charge in [0.1, 0.15) is 5.82 Å². The number of rotatable bonds is 3. The van der Waals surface area contributed by atoms with Gasteiger partial charge in [0, 0.05) is 6.42 Å². The monoisotopic (exact) mass is 231 g/mol. The van der Waals surface area contributed by atoms with E-state index in [1.54, 1.807) is 18.2 Å². The Bertz CT molecular complexity index is 578. The molecule has 0 bridgehead atoms. The Hall–Kier alpha value is -2.30. The molecule has 0 unspecified atom stereocenters. The number of benzene rings is 1. The number of aryl methyl sites for hydroxylation is 1. The molecule has 0 radical (unpaired) electrons. The van der Waals surface area contributed by atoms with Crippen molar-refractivity contribution in [3.63, 3.8) is 0 Å². The molecular weight excluding hydrogens is 218 g/mol. The molecule has 0 aliphatic carbocycles. The van der Waals surface area contributed by atoms with Crippen LogP contribution in [0.5, 0.6) is 11.6 Å². The lowest BCUT2D eigenvalue weighted by molar-refractivity contribution is 0.460. The van der Waals surface area contributed by atoms with Gasteiger partial charge in [-0.25, -0.2) is 0 Å². The smallest absolute Gasteiger partial charge is 0.254 e. The molecule has 0 spiro atoms. The third-order valence-corrected chi connectivity index (χ3v) is 2.24. The Labute approximate surface area is 98.3 Å². The van der Waals surface area contributed by atoms with Crippen LogP contribution in [-0.4, -0.2) is 9.97 Å². The van der Waals surface area contributed by atoms with E-state index < -0.39 is 0 Å². The number of anilines is 1. The standard InChI is InChI=1S/C12H13N3O2/c1-2-10-14-11(16)7-12(15-10)17-9-6-4-3-5-8(9)13/h3-7H,2,13H2,1H3,(H,14,15,16). The van der Waals surface area contributed by atoms with Crippen molar-refractivity contribution in [2.45, 2.75) is 13.3 Å². The molecule has 3 N–H and O–H groups in total. The highest BCUT2D eigenvalue weighted by Gasteiger charge is 2.04. The van der Waals surface area contributed by atoms with Gasteiger partial charge in [0.25, 0.3) is 5.56 Å². The molecule has 1 aromatic carbocycles. The zero-order valence-electron chi connectivity index (χ0n) is 9.43. The number of hydrogen-bond acceptors (Lipinski definition) is 4. The van der Waals surface area contributed by atoms with Crippen molar-refractivity contribution >= 4 is 5.69 Å². The number of aromatic nitrogens is 2. The maximum atomic E-state index is 11.3. The van der Waals surface area contributed by atoms with Crippen molar-refractivity contribution in [2.24, 2.45) is 0 Å². The quantitative estimate of drug-likeness (QED) is 0.788. The first kappa shape index (κ1) is 11.2. The fourth-order valence-electron chi connectivity index (χ4n) is 1.39. The van der Waals surface area contributed by atoms with Gasteiger partial charge in [-0.05, 0) is 12.1 Å². The number of nitrogen functional groups attached to an aromatic ring is 1. The summed E-state index contributed by atoms with van der Waals surface area (Å²) in [5, 5.41) is 0. The Kier molecular flexibility index (Phi) is 3.09. The third-order valence-electron chi connectivity index (χ3n) is 2.24. The van der Waals surface area contributed by atoms with Gasteiger partial charge in [-0.2, -0.15) is 4.98 Å². The van der Waals surface area contributed by atoms with Crippen LogP contribution in [0.15, 0.2) is 35.1 Å². The van der Waals surface area contributed by atoms with Gasteiger partial charge in [-0.1, -0.05) is 19.1 Å². The minimum absolute atomic E-state index is 0.235. The molecule has 0 saturated carbocycles. The maximum Gasteiger partial charge on any atom is 0.254 e. The predicted molar refractivity (Wildman–Crippen MR) is 65.2 cm³/mol. The first-order valence-electron chi connectivity index (χ1n) is 5.31. The largest absolute Gasteiger partial charge is 0.437 e. The highest BCUT2D eigenvalue weighted by molar-refractivity contribution is 5.52. The van der Waals surface area contributed by atoms with E-state index in [1.165, 1.54) is 6.07 Å². The number of para-hydroxylation sites is 2. The Morgan fingerprint density at radius 3 is 2.88 bits per heavy atom. The van der Waals surface area contributed by atoms with Crippen molar-refractivity contribution < 1.29 is 4.74 Å². The first-order chi connectivity index (χ1) is 8.19. The molecule has 2 rings (SSSR count). The van der Waals surface area contributed by atoms with Gasteiger partial charge in [0.15, 0.2) is 5.75 Å². The summed E-state index contributed by atoms with van der Waals surface area (Å²) >= 11 is 0. The summed E-state index contributed by atoms with van der Waals surface area (Å²) in [5.41, 5.74) is 6.01. The van der Waals surface area contributed by atoms with Crippen LogP contribution in [0.1, 0.15) is 12.7 Å². The second-order valence-electron chi connectivity index (χ2n) is 3.52. The van der Waals surface area contributed by atoms with E-state index in [9.17, 15) is 4.79 Å². The lowest BCUT2D eigenvalue weighted by atomic mass is 10.3. The van der Waals surface area contributed by atoms with Crippen molar-refractivity contribution in [3.8, 4) is 11.6 Å². The van der Waals surface area contributed by atoms with Crippen LogP contribution in [0.2, 0.25) is 0 Å². The average Bonchev–Trinajstić information content (AvgIpc) is 2.31. The van der Waals surface area contributed by atoms with E-state index in [0.29, 0.717) is 23.7 Å². The van der Waals surface area contributed by atoms with E-state index >= 15 is 0 Å². The molecule has 0 saturated heterocycles. The number of nitrogens with one attached hydrogen (secondary N) is 1. The molecule has 5 nitrogen and oxygen atoms in total. The second kappa shape index (κ2) is 4.69. The van der Waals surface area contributed by atoms with Gasteiger partial charge in [0.05, 0.1) is 11.8 Å². The van der Waals surface area contributed by atoms with Gasteiger partial charge in [0.2, 0.25) is 5.88 Å². The SMILES string of the molecule is CCc1nc(Oc2ccccc2N)cc(=O)[nH]1. The lowest BCUT2D eigenvalue weighted by Gasteiger charge is -2.07. The minimum Gasteiger partial charge on any atom is -0.437 e. The van der Waals surface area contributed by atoms with Gasteiger partial charge < -0.3 is 15.5 Å². The summed E-state index contributed by atoms with van der Waals surface area (Å²) in [6.45, 7) is 1.90. The van der Waals surface area contributed by atoms with Crippen molar-refractivity contribution in [1.82, 2.24) is 9.97 Å². The zero-order chi connectivity index (χ0) is 12.3. The first-order valence-corrected chi connectivity index (χ1v) is 5.31. The summed E-state index contributed by atoms with van der Waals surface area (Å²) in [6, 6.07) is 8.36. The van der Waals surface area contributed by atoms with Crippen LogP contribution in [0.3, 0.4) is 0 Å². The number of hydrogen-bond donors (Lipinski definition) is 2. The Balaban J connectivity index is 2.33. The van der Waals surface area contributed by atoms with Crippen LogP contribution in [0.4, 0.5) is 5.69 Å². The van der Waals surface area contributed by atoms with Crippen LogP contribution in [-0.2, 0) is 6.42 Å². The highest BCUT2D eigenvalue weighted by atomic mass is 16.5. The van der Waals surface area contributed by atoms with E-state index in [-0.39, 0.29) is 11.4 Å². The Morgan fingerprint density at radius 1 is 1.41 bits per heavy atom. The maximum absolute atomic E-state index is 11.3. The van der Waals surface area contributed by atoms with Gasteiger partial charge >= 0.3 is 0 Å². The number of H-pyrrole nitrogens is 1. The van der Waals surface area contributed by atoms with E-state index in [4.69, 9.17) is 10.5 Å². The van der Waals surface area contributed by atoms with Crippen LogP contribution < -0.4 is 16.0 Å². The number of nitrogens with two attached hydrogens (primary N) is 1. The molecular formula is C12H13N3O2. The molecule has 1 heterocycles. The minimum atomic E-state index is -0.235. The molecule has 0 fully saturated rings. The fourth-order valence-corrected chi connectivity index (χ4v) is 1.39. The molecule has 17 heavy (non-hydrogen) atoms. The van der Waals surface area contributed by atoms with Crippen molar-refractivity contribution in [2.75, 3.05) is 5.73 Å². The molecule has 5 heteroatoms. The fraction of sp³-hybridized carbons (Fsp3) is 0.167. The van der Waals surface area contributed by atoms with E-state index in [2.05, 4.69) is 9.97 Å². The number of ether oxygens (including phenoxy) is 1. The van der Waals surface area contributed by atoms with Crippen LogP contribution in [0, 0.1) is 0 Å². The summed E-state index contributed by atoms with van der Waals surface area (Å²) in [7, 11) is 0. The molecule has 0 aliphatic rings. The normalized spacial score (nSPS) is 10.2. The zero-order valence-corrected chi connectivity index (χ0v) is 9.43. The molecule has 2 aromatic rings. The molecule has 1 aromatic heterocycles.